The monoisotopic (exact) mass is 393 g/mol. The van der Waals surface area contributed by atoms with Crippen LogP contribution in [0.2, 0.25) is 0 Å². The number of nitrogens with zero attached hydrogens (tertiary/aromatic N) is 2. The van der Waals surface area contributed by atoms with Gasteiger partial charge in [0.15, 0.2) is 0 Å². The Morgan fingerprint density at radius 3 is 2.52 bits per heavy atom. The zero-order valence-electron chi connectivity index (χ0n) is 17.9. The summed E-state index contributed by atoms with van der Waals surface area (Å²) in [4.78, 5) is 16.7. The van der Waals surface area contributed by atoms with Crippen LogP contribution in [0.25, 0.3) is 11.0 Å². The number of carbonyl (C=O) groups excluding carboxylic acids is 1. The number of carbonyl (C=O) groups is 1. The molecule has 0 saturated carbocycles. The molecule has 1 heterocycles. The summed E-state index contributed by atoms with van der Waals surface area (Å²) in [6, 6.07) is 14.3. The van der Waals surface area contributed by atoms with Gasteiger partial charge in [-0.05, 0) is 49.9 Å². The van der Waals surface area contributed by atoms with Crippen molar-refractivity contribution < 1.29 is 9.53 Å². The van der Waals surface area contributed by atoms with Crippen LogP contribution in [-0.4, -0.2) is 22.1 Å². The zero-order valence-corrected chi connectivity index (χ0v) is 17.9. The first-order valence-corrected chi connectivity index (χ1v) is 10.4. The SMILES string of the molecule is Cc1cccc(C)c1OCCCCn1c(CNC(=O)C(C)C)nc2ccccc21. The van der Waals surface area contributed by atoms with Crippen molar-refractivity contribution in [1.82, 2.24) is 14.9 Å². The Labute approximate surface area is 173 Å². The highest BCUT2D eigenvalue weighted by atomic mass is 16.5. The van der Waals surface area contributed by atoms with Gasteiger partial charge < -0.3 is 14.6 Å². The van der Waals surface area contributed by atoms with E-state index < -0.39 is 0 Å². The van der Waals surface area contributed by atoms with E-state index in [-0.39, 0.29) is 11.8 Å². The molecule has 0 aliphatic heterocycles. The number of hydrogen-bond acceptors (Lipinski definition) is 3. The number of unbranched alkanes of at least 4 members (excludes halogenated alkanes) is 1. The molecule has 29 heavy (non-hydrogen) atoms. The first-order chi connectivity index (χ1) is 14.0. The Balaban J connectivity index is 1.61. The Morgan fingerprint density at radius 2 is 1.79 bits per heavy atom. The minimum Gasteiger partial charge on any atom is -0.493 e. The van der Waals surface area contributed by atoms with E-state index in [0.29, 0.717) is 13.2 Å². The van der Waals surface area contributed by atoms with Crippen molar-refractivity contribution in [2.45, 2.75) is 53.6 Å². The lowest BCUT2D eigenvalue weighted by Crippen LogP contribution is -2.28. The van der Waals surface area contributed by atoms with Crippen LogP contribution in [0.4, 0.5) is 0 Å². The number of hydrogen-bond donors (Lipinski definition) is 1. The normalized spacial score (nSPS) is 11.2. The highest BCUT2D eigenvalue weighted by Crippen LogP contribution is 2.23. The summed E-state index contributed by atoms with van der Waals surface area (Å²) in [5.41, 5.74) is 4.42. The van der Waals surface area contributed by atoms with E-state index in [1.807, 2.05) is 32.0 Å². The lowest BCUT2D eigenvalue weighted by Gasteiger charge is -2.13. The molecule has 3 rings (SSSR count). The molecule has 0 radical (unpaired) electrons. The molecule has 0 aliphatic rings. The van der Waals surface area contributed by atoms with E-state index in [0.717, 1.165) is 42.0 Å². The van der Waals surface area contributed by atoms with Crippen LogP contribution < -0.4 is 10.1 Å². The number of amides is 1. The van der Waals surface area contributed by atoms with Crippen LogP contribution in [-0.2, 0) is 17.9 Å². The number of nitrogens with one attached hydrogen (secondary N) is 1. The predicted molar refractivity (Wildman–Crippen MR) is 117 cm³/mol. The van der Waals surface area contributed by atoms with Crippen molar-refractivity contribution in [1.29, 1.82) is 0 Å². The molecule has 0 fully saturated rings. The van der Waals surface area contributed by atoms with Crippen molar-refractivity contribution in [3.8, 4) is 5.75 Å². The molecule has 0 aliphatic carbocycles. The Morgan fingerprint density at radius 1 is 1.07 bits per heavy atom. The summed E-state index contributed by atoms with van der Waals surface area (Å²) in [6.45, 7) is 9.95. The molecule has 3 aromatic rings. The van der Waals surface area contributed by atoms with E-state index in [1.165, 1.54) is 11.1 Å². The fourth-order valence-electron chi connectivity index (χ4n) is 3.45. The van der Waals surface area contributed by atoms with E-state index in [9.17, 15) is 4.79 Å². The Hall–Kier alpha value is -2.82. The van der Waals surface area contributed by atoms with Gasteiger partial charge in [0, 0.05) is 12.5 Å². The number of imidazole rings is 1. The second kappa shape index (κ2) is 9.59. The summed E-state index contributed by atoms with van der Waals surface area (Å²) in [5.74, 6) is 1.91. The topological polar surface area (TPSA) is 56.1 Å². The largest absolute Gasteiger partial charge is 0.493 e. The lowest BCUT2D eigenvalue weighted by molar-refractivity contribution is -0.124. The van der Waals surface area contributed by atoms with Crippen molar-refractivity contribution in [2.24, 2.45) is 5.92 Å². The second-order valence-electron chi connectivity index (χ2n) is 7.82. The number of aryl methyl sites for hydroxylation is 3. The lowest BCUT2D eigenvalue weighted by atomic mass is 10.1. The summed E-state index contributed by atoms with van der Waals surface area (Å²) in [5, 5.41) is 2.99. The zero-order chi connectivity index (χ0) is 20.8. The second-order valence-corrected chi connectivity index (χ2v) is 7.82. The van der Waals surface area contributed by atoms with Crippen LogP contribution >= 0.6 is 0 Å². The quantitative estimate of drug-likeness (QED) is 0.532. The van der Waals surface area contributed by atoms with Crippen LogP contribution in [0.15, 0.2) is 42.5 Å². The maximum Gasteiger partial charge on any atom is 0.222 e. The maximum atomic E-state index is 12.0. The number of fused-ring (bicyclic) bond motifs is 1. The Kier molecular flexibility index (Phi) is 6.91. The van der Waals surface area contributed by atoms with Gasteiger partial charge in [-0.1, -0.05) is 44.2 Å². The molecule has 0 atom stereocenters. The van der Waals surface area contributed by atoms with Gasteiger partial charge in [-0.3, -0.25) is 4.79 Å². The average Bonchev–Trinajstić information content (AvgIpc) is 3.05. The van der Waals surface area contributed by atoms with Crippen molar-refractivity contribution in [2.75, 3.05) is 6.61 Å². The molecule has 154 valence electrons. The number of para-hydroxylation sites is 3. The van der Waals surface area contributed by atoms with Crippen LogP contribution in [0.3, 0.4) is 0 Å². The fraction of sp³-hybridized carbons (Fsp3) is 0.417. The van der Waals surface area contributed by atoms with Crippen LogP contribution in [0.5, 0.6) is 5.75 Å². The van der Waals surface area contributed by atoms with E-state index >= 15 is 0 Å². The summed E-state index contributed by atoms with van der Waals surface area (Å²) in [7, 11) is 0. The third-order valence-corrected chi connectivity index (χ3v) is 5.11. The third-order valence-electron chi connectivity index (χ3n) is 5.11. The fourth-order valence-corrected chi connectivity index (χ4v) is 3.45. The molecule has 1 aromatic heterocycles. The molecule has 5 heteroatoms. The molecule has 1 amide bonds. The summed E-state index contributed by atoms with van der Waals surface area (Å²) >= 11 is 0. The smallest absolute Gasteiger partial charge is 0.222 e. The molecule has 0 saturated heterocycles. The van der Waals surface area contributed by atoms with Gasteiger partial charge in [0.05, 0.1) is 24.2 Å². The van der Waals surface area contributed by atoms with E-state index in [4.69, 9.17) is 9.72 Å². The molecule has 1 N–H and O–H groups in total. The first-order valence-electron chi connectivity index (χ1n) is 10.4. The highest BCUT2D eigenvalue weighted by molar-refractivity contribution is 5.78. The van der Waals surface area contributed by atoms with Gasteiger partial charge in [0.2, 0.25) is 5.91 Å². The molecule has 5 nitrogen and oxygen atoms in total. The molecule has 0 spiro atoms. The number of ether oxygens (including phenoxy) is 1. The number of aromatic nitrogens is 2. The van der Waals surface area contributed by atoms with Crippen LogP contribution in [0, 0.1) is 19.8 Å². The standard InChI is InChI=1S/C24H31N3O2/c1-17(2)24(28)25-16-22-26-20-12-5-6-13-21(20)27(22)14-7-8-15-29-23-18(3)10-9-11-19(23)4/h5-6,9-13,17H,7-8,14-16H2,1-4H3,(H,25,28). The van der Waals surface area contributed by atoms with Gasteiger partial charge in [-0.2, -0.15) is 0 Å². The minimum absolute atomic E-state index is 0.0325. The summed E-state index contributed by atoms with van der Waals surface area (Å²) < 4.78 is 8.25. The third kappa shape index (κ3) is 5.17. The van der Waals surface area contributed by atoms with Gasteiger partial charge in [-0.15, -0.1) is 0 Å². The number of rotatable bonds is 9. The van der Waals surface area contributed by atoms with E-state index in [1.54, 1.807) is 0 Å². The predicted octanol–water partition coefficient (Wildman–Crippen LogP) is 4.78. The van der Waals surface area contributed by atoms with Crippen molar-refractivity contribution in [3.63, 3.8) is 0 Å². The van der Waals surface area contributed by atoms with Crippen molar-refractivity contribution >= 4 is 16.9 Å². The molecular weight excluding hydrogens is 362 g/mol. The van der Waals surface area contributed by atoms with E-state index in [2.05, 4.69) is 48.0 Å². The molecular formula is C24H31N3O2. The van der Waals surface area contributed by atoms with Gasteiger partial charge in [0.25, 0.3) is 0 Å². The Bertz CT molecular complexity index is 955. The van der Waals surface area contributed by atoms with Crippen LogP contribution in [0.1, 0.15) is 43.6 Å². The maximum absolute atomic E-state index is 12.0. The average molecular weight is 394 g/mol. The molecule has 2 aromatic carbocycles. The van der Waals surface area contributed by atoms with Gasteiger partial charge >= 0.3 is 0 Å². The van der Waals surface area contributed by atoms with Gasteiger partial charge in [-0.25, -0.2) is 4.98 Å². The van der Waals surface area contributed by atoms with Gasteiger partial charge in [0.1, 0.15) is 11.6 Å². The number of benzene rings is 2. The highest BCUT2D eigenvalue weighted by Gasteiger charge is 2.13. The minimum atomic E-state index is -0.0325. The molecule has 0 unspecified atom stereocenters. The molecule has 0 bridgehead atoms. The van der Waals surface area contributed by atoms with Crippen molar-refractivity contribution in [3.05, 3.63) is 59.4 Å². The first kappa shape index (κ1) is 20.9. The summed E-state index contributed by atoms with van der Waals surface area (Å²) in [6.07, 6.45) is 1.94.